The highest BCUT2D eigenvalue weighted by Crippen LogP contribution is 2.20. The maximum Gasteiger partial charge on any atom is 0.262 e. The van der Waals surface area contributed by atoms with Crippen LogP contribution >= 0.6 is 27.3 Å². The Morgan fingerprint density at radius 2 is 2.21 bits per heavy atom. The predicted octanol–water partition coefficient (Wildman–Crippen LogP) is 2.85. The van der Waals surface area contributed by atoms with Crippen LogP contribution in [0.5, 0.6) is 0 Å². The van der Waals surface area contributed by atoms with E-state index in [1.54, 1.807) is 10.9 Å². The summed E-state index contributed by atoms with van der Waals surface area (Å²) in [7, 11) is 0. The maximum atomic E-state index is 12.2. The molecule has 6 heteroatoms. The molecule has 2 heterocycles. The number of nitrogen functional groups attached to an aromatic ring is 1. The molecule has 19 heavy (non-hydrogen) atoms. The van der Waals surface area contributed by atoms with Crippen LogP contribution in [0.3, 0.4) is 0 Å². The number of anilines is 1. The van der Waals surface area contributed by atoms with Crippen molar-refractivity contribution in [3.05, 3.63) is 56.4 Å². The number of fused-ring (bicyclic) bond motifs is 1. The van der Waals surface area contributed by atoms with Crippen molar-refractivity contribution < 1.29 is 0 Å². The van der Waals surface area contributed by atoms with E-state index in [1.807, 2.05) is 29.6 Å². The molecule has 0 amide bonds. The Bertz CT molecular complexity index is 809. The van der Waals surface area contributed by atoms with Gasteiger partial charge in [-0.15, -0.1) is 11.3 Å². The summed E-state index contributed by atoms with van der Waals surface area (Å²) in [6.07, 6.45) is 1.58. The molecule has 2 N–H and O–H groups in total. The molecule has 96 valence electrons. The molecule has 0 aliphatic rings. The Balaban J connectivity index is 2.03. The maximum absolute atomic E-state index is 12.2. The monoisotopic (exact) mass is 335 g/mol. The molecule has 0 radical (unpaired) electrons. The number of nitrogens with zero attached hydrogens (tertiary/aromatic N) is 2. The topological polar surface area (TPSA) is 60.9 Å². The number of thiophene rings is 1. The van der Waals surface area contributed by atoms with E-state index in [4.69, 9.17) is 5.73 Å². The van der Waals surface area contributed by atoms with Gasteiger partial charge in [0.15, 0.2) is 0 Å². The van der Waals surface area contributed by atoms with Crippen LogP contribution < -0.4 is 11.3 Å². The summed E-state index contributed by atoms with van der Waals surface area (Å²) in [6.45, 7) is 0.467. The standard InChI is InChI=1S/C13H10BrN3OS/c14-10-2-1-8(5-11(10)15)6-17-7-16-12-9(13(17)18)3-4-19-12/h1-5,7H,6,15H2. The van der Waals surface area contributed by atoms with Gasteiger partial charge in [-0.25, -0.2) is 4.98 Å². The third kappa shape index (κ3) is 2.29. The van der Waals surface area contributed by atoms with Crippen LogP contribution in [0.25, 0.3) is 10.2 Å². The van der Waals surface area contributed by atoms with Crippen molar-refractivity contribution in [2.24, 2.45) is 0 Å². The van der Waals surface area contributed by atoms with Gasteiger partial charge in [-0.05, 0) is 45.1 Å². The predicted molar refractivity (Wildman–Crippen MR) is 81.5 cm³/mol. The van der Waals surface area contributed by atoms with Gasteiger partial charge in [0.25, 0.3) is 5.56 Å². The number of benzene rings is 1. The molecule has 0 bridgehead atoms. The molecule has 0 fully saturated rings. The Hall–Kier alpha value is -1.66. The number of nitrogens with two attached hydrogens (primary N) is 1. The van der Waals surface area contributed by atoms with Crippen LogP contribution in [0.4, 0.5) is 5.69 Å². The SMILES string of the molecule is Nc1cc(Cn2cnc3sccc3c2=O)ccc1Br. The number of aromatic nitrogens is 2. The van der Waals surface area contributed by atoms with Crippen LogP contribution in [0.2, 0.25) is 0 Å². The molecule has 0 aliphatic heterocycles. The van der Waals surface area contributed by atoms with Crippen LogP contribution in [0, 0.1) is 0 Å². The fourth-order valence-corrected chi connectivity index (χ4v) is 2.86. The highest BCUT2D eigenvalue weighted by molar-refractivity contribution is 9.10. The lowest BCUT2D eigenvalue weighted by molar-refractivity contribution is 0.749. The first kappa shape index (κ1) is 12.4. The lowest BCUT2D eigenvalue weighted by Gasteiger charge is -2.07. The minimum Gasteiger partial charge on any atom is -0.398 e. The Kier molecular flexibility index (Phi) is 3.12. The van der Waals surface area contributed by atoms with Gasteiger partial charge in [0, 0.05) is 10.2 Å². The molecule has 0 atom stereocenters. The van der Waals surface area contributed by atoms with Crippen molar-refractivity contribution in [2.75, 3.05) is 5.73 Å². The van der Waals surface area contributed by atoms with Crippen molar-refractivity contribution in [2.45, 2.75) is 6.54 Å². The van der Waals surface area contributed by atoms with E-state index in [2.05, 4.69) is 20.9 Å². The summed E-state index contributed by atoms with van der Waals surface area (Å²) < 4.78 is 2.45. The van der Waals surface area contributed by atoms with E-state index in [-0.39, 0.29) is 5.56 Å². The number of rotatable bonds is 2. The van der Waals surface area contributed by atoms with Crippen molar-refractivity contribution in [1.82, 2.24) is 9.55 Å². The van der Waals surface area contributed by atoms with Gasteiger partial charge in [0.2, 0.25) is 0 Å². The first-order chi connectivity index (χ1) is 9.15. The van der Waals surface area contributed by atoms with E-state index < -0.39 is 0 Å². The Labute approximate surface area is 121 Å². The molecule has 3 aromatic rings. The van der Waals surface area contributed by atoms with Gasteiger partial charge in [-0.2, -0.15) is 0 Å². The second-order valence-electron chi connectivity index (χ2n) is 4.17. The second-order valence-corrected chi connectivity index (χ2v) is 5.92. The van der Waals surface area contributed by atoms with Crippen LogP contribution in [0.15, 0.2) is 45.2 Å². The molecule has 0 spiro atoms. The second kappa shape index (κ2) is 4.79. The fourth-order valence-electron chi connectivity index (χ4n) is 1.89. The quantitative estimate of drug-likeness (QED) is 0.732. The Morgan fingerprint density at radius 1 is 1.37 bits per heavy atom. The molecule has 0 unspecified atom stereocenters. The number of halogens is 1. The summed E-state index contributed by atoms with van der Waals surface area (Å²) >= 11 is 4.82. The van der Waals surface area contributed by atoms with Gasteiger partial charge in [0.05, 0.1) is 18.3 Å². The van der Waals surface area contributed by atoms with Gasteiger partial charge in [-0.1, -0.05) is 6.07 Å². The molecule has 1 aromatic carbocycles. The summed E-state index contributed by atoms with van der Waals surface area (Å²) in [6, 6.07) is 7.48. The van der Waals surface area contributed by atoms with Crippen molar-refractivity contribution in [3.63, 3.8) is 0 Å². The third-order valence-corrected chi connectivity index (χ3v) is 4.41. The van der Waals surface area contributed by atoms with E-state index >= 15 is 0 Å². The van der Waals surface area contributed by atoms with Gasteiger partial charge >= 0.3 is 0 Å². The van der Waals surface area contributed by atoms with Crippen LogP contribution in [-0.2, 0) is 6.54 Å². The Morgan fingerprint density at radius 3 is 3.00 bits per heavy atom. The van der Waals surface area contributed by atoms with Gasteiger partial charge < -0.3 is 5.73 Å². The molecule has 4 nitrogen and oxygen atoms in total. The molecule has 2 aromatic heterocycles. The van der Waals surface area contributed by atoms with E-state index in [0.29, 0.717) is 17.6 Å². The van der Waals surface area contributed by atoms with Crippen molar-refractivity contribution in [1.29, 1.82) is 0 Å². The van der Waals surface area contributed by atoms with E-state index in [1.165, 1.54) is 11.3 Å². The highest BCUT2D eigenvalue weighted by atomic mass is 79.9. The minimum atomic E-state index is -0.0206. The summed E-state index contributed by atoms with van der Waals surface area (Å²) in [4.78, 5) is 17.3. The normalized spacial score (nSPS) is 11.0. The van der Waals surface area contributed by atoms with Gasteiger partial charge in [0.1, 0.15) is 4.83 Å². The lowest BCUT2D eigenvalue weighted by atomic mass is 10.2. The van der Waals surface area contributed by atoms with E-state index in [9.17, 15) is 4.79 Å². The average Bonchev–Trinajstić information content (AvgIpc) is 2.86. The molecular formula is C13H10BrN3OS. The summed E-state index contributed by atoms with van der Waals surface area (Å²) in [5.74, 6) is 0. The number of hydrogen-bond acceptors (Lipinski definition) is 4. The zero-order chi connectivity index (χ0) is 13.4. The smallest absolute Gasteiger partial charge is 0.262 e. The number of hydrogen-bond donors (Lipinski definition) is 1. The largest absolute Gasteiger partial charge is 0.398 e. The highest BCUT2D eigenvalue weighted by Gasteiger charge is 2.06. The first-order valence-corrected chi connectivity index (χ1v) is 7.29. The van der Waals surface area contributed by atoms with Crippen molar-refractivity contribution >= 4 is 43.2 Å². The molecular weight excluding hydrogens is 326 g/mol. The average molecular weight is 336 g/mol. The fraction of sp³-hybridized carbons (Fsp3) is 0.0769. The molecule has 0 aliphatic carbocycles. The zero-order valence-corrected chi connectivity index (χ0v) is 12.2. The molecule has 0 saturated heterocycles. The summed E-state index contributed by atoms with van der Waals surface area (Å²) in [5, 5.41) is 2.54. The van der Waals surface area contributed by atoms with Crippen molar-refractivity contribution in [3.8, 4) is 0 Å². The van der Waals surface area contributed by atoms with Gasteiger partial charge in [-0.3, -0.25) is 9.36 Å². The minimum absolute atomic E-state index is 0.0206. The third-order valence-electron chi connectivity index (χ3n) is 2.86. The van der Waals surface area contributed by atoms with Crippen LogP contribution in [0.1, 0.15) is 5.56 Å². The van der Waals surface area contributed by atoms with E-state index in [0.717, 1.165) is 14.9 Å². The molecule has 3 rings (SSSR count). The lowest BCUT2D eigenvalue weighted by Crippen LogP contribution is -2.20. The van der Waals surface area contributed by atoms with Crippen LogP contribution in [-0.4, -0.2) is 9.55 Å². The molecule has 0 saturated carbocycles. The zero-order valence-electron chi connectivity index (χ0n) is 9.84. The summed E-state index contributed by atoms with van der Waals surface area (Å²) in [5.41, 5.74) is 7.45. The first-order valence-electron chi connectivity index (χ1n) is 5.62.